The Morgan fingerprint density at radius 3 is 2.12 bits per heavy atom. The molecule has 0 fully saturated rings. The second-order valence-corrected chi connectivity index (χ2v) is 7.72. The van der Waals surface area contributed by atoms with Crippen molar-refractivity contribution < 1.29 is 23.8 Å². The molecule has 0 aliphatic carbocycles. The van der Waals surface area contributed by atoms with E-state index in [1.807, 2.05) is 51.1 Å². The van der Waals surface area contributed by atoms with Crippen molar-refractivity contribution in [3.05, 3.63) is 35.9 Å². The number of carbonyl (C=O) groups excluding carboxylic acids is 2. The van der Waals surface area contributed by atoms with Crippen molar-refractivity contribution in [2.24, 2.45) is 0 Å². The van der Waals surface area contributed by atoms with Gasteiger partial charge in [-0.25, -0.2) is 9.59 Å². The summed E-state index contributed by atoms with van der Waals surface area (Å²) in [6.45, 7) is 11.0. The molecule has 1 aromatic rings. The first-order valence-corrected chi connectivity index (χ1v) is 8.30. The fourth-order valence-corrected chi connectivity index (χ4v) is 1.78. The van der Waals surface area contributed by atoms with Gasteiger partial charge in [0.25, 0.3) is 0 Å². The van der Waals surface area contributed by atoms with Crippen LogP contribution in [0.4, 0.5) is 4.79 Å². The largest absolute Gasteiger partial charge is 0.459 e. The Kier molecular flexibility index (Phi) is 7.42. The number of carbonyl (C=O) groups is 2. The van der Waals surface area contributed by atoms with Crippen LogP contribution >= 0.6 is 0 Å². The second kappa shape index (κ2) is 8.85. The highest BCUT2D eigenvalue weighted by Gasteiger charge is 2.27. The molecule has 1 N–H and O–H groups in total. The summed E-state index contributed by atoms with van der Waals surface area (Å²) in [7, 11) is 0. The summed E-state index contributed by atoms with van der Waals surface area (Å²) < 4.78 is 16.1. The van der Waals surface area contributed by atoms with E-state index in [4.69, 9.17) is 14.2 Å². The zero-order chi connectivity index (χ0) is 19.1. The van der Waals surface area contributed by atoms with Gasteiger partial charge in [-0.05, 0) is 47.1 Å². The Bertz CT molecular complexity index is 557. The van der Waals surface area contributed by atoms with Gasteiger partial charge in [0.15, 0.2) is 6.04 Å². The highest BCUT2D eigenvalue weighted by molar-refractivity contribution is 5.81. The summed E-state index contributed by atoms with van der Waals surface area (Å²) >= 11 is 0. The molecule has 6 nitrogen and oxygen atoms in total. The zero-order valence-electron chi connectivity index (χ0n) is 15.9. The summed E-state index contributed by atoms with van der Waals surface area (Å²) in [5.41, 5.74) is -0.246. The molecular formula is C19H29NO5. The lowest BCUT2D eigenvalue weighted by Crippen LogP contribution is -2.47. The van der Waals surface area contributed by atoms with Crippen molar-refractivity contribution in [2.75, 3.05) is 6.61 Å². The Hall–Kier alpha value is -2.08. The first-order chi connectivity index (χ1) is 11.5. The van der Waals surface area contributed by atoms with Gasteiger partial charge in [-0.2, -0.15) is 0 Å². The van der Waals surface area contributed by atoms with Crippen LogP contribution in [0.5, 0.6) is 0 Å². The van der Waals surface area contributed by atoms with Crippen molar-refractivity contribution in [3.8, 4) is 0 Å². The maximum absolute atomic E-state index is 12.4. The van der Waals surface area contributed by atoms with E-state index in [2.05, 4.69) is 5.32 Å². The zero-order valence-corrected chi connectivity index (χ0v) is 15.9. The van der Waals surface area contributed by atoms with Gasteiger partial charge in [0.1, 0.15) is 12.2 Å². The monoisotopic (exact) mass is 351 g/mol. The fraction of sp³-hybridized carbons (Fsp3) is 0.579. The van der Waals surface area contributed by atoms with E-state index in [0.717, 1.165) is 5.56 Å². The van der Waals surface area contributed by atoms with Crippen LogP contribution < -0.4 is 5.32 Å². The van der Waals surface area contributed by atoms with Crippen molar-refractivity contribution in [1.82, 2.24) is 5.32 Å². The first-order valence-electron chi connectivity index (χ1n) is 8.30. The lowest BCUT2D eigenvalue weighted by molar-refractivity contribution is -0.150. The highest BCUT2D eigenvalue weighted by atomic mass is 16.6. The molecule has 0 saturated heterocycles. The number of alkyl carbamates (subject to hydrolysis) is 1. The number of rotatable bonds is 6. The van der Waals surface area contributed by atoms with Gasteiger partial charge in [0.05, 0.1) is 12.2 Å². The van der Waals surface area contributed by atoms with Gasteiger partial charge < -0.3 is 19.5 Å². The Morgan fingerprint density at radius 2 is 1.60 bits per heavy atom. The molecule has 6 heteroatoms. The maximum atomic E-state index is 12.4. The molecule has 1 amide bonds. The van der Waals surface area contributed by atoms with Crippen LogP contribution in [-0.4, -0.2) is 35.9 Å². The minimum absolute atomic E-state index is 0.00361. The van der Waals surface area contributed by atoms with Crippen LogP contribution in [0.15, 0.2) is 30.3 Å². The van der Waals surface area contributed by atoms with E-state index in [1.165, 1.54) is 0 Å². The van der Waals surface area contributed by atoms with E-state index in [1.54, 1.807) is 20.8 Å². The Balaban J connectivity index is 2.68. The molecule has 0 bridgehead atoms. The predicted octanol–water partition coefficient (Wildman–Crippen LogP) is 3.44. The average molecular weight is 351 g/mol. The van der Waals surface area contributed by atoms with Crippen molar-refractivity contribution >= 4 is 12.1 Å². The molecule has 0 aromatic heterocycles. The number of ether oxygens (including phenoxy) is 3. The Labute approximate surface area is 149 Å². The molecule has 0 radical (unpaired) electrons. The number of benzene rings is 1. The molecule has 25 heavy (non-hydrogen) atoms. The molecule has 0 saturated carbocycles. The third-order valence-electron chi connectivity index (χ3n) is 2.88. The third kappa shape index (κ3) is 9.72. The van der Waals surface area contributed by atoms with Crippen LogP contribution in [0.2, 0.25) is 0 Å². The number of nitrogens with one attached hydrogen (secondary N) is 1. The van der Waals surface area contributed by atoms with Gasteiger partial charge in [-0.15, -0.1) is 0 Å². The predicted molar refractivity (Wildman–Crippen MR) is 95.1 cm³/mol. The molecule has 140 valence electrons. The quantitative estimate of drug-likeness (QED) is 0.795. The highest BCUT2D eigenvalue weighted by Crippen LogP contribution is 2.10. The molecule has 0 unspecified atom stereocenters. The van der Waals surface area contributed by atoms with E-state index in [-0.39, 0.29) is 13.2 Å². The molecular weight excluding hydrogens is 322 g/mol. The normalized spacial score (nSPS) is 13.0. The van der Waals surface area contributed by atoms with Gasteiger partial charge >= 0.3 is 12.1 Å². The molecule has 0 aliphatic rings. The standard InChI is InChI=1S/C19H29NO5/c1-18(2,3)24-13-15(20-17(22)25-19(4,5)6)16(21)23-12-14-10-8-7-9-11-14/h7-11,15H,12-13H2,1-6H3,(H,20,22)/t15-/m0/s1. The summed E-state index contributed by atoms with van der Waals surface area (Å²) in [5.74, 6) is -0.570. The van der Waals surface area contributed by atoms with Crippen LogP contribution in [0, 0.1) is 0 Å². The van der Waals surface area contributed by atoms with Crippen LogP contribution in [-0.2, 0) is 25.6 Å². The molecule has 0 spiro atoms. The van der Waals surface area contributed by atoms with Crippen molar-refractivity contribution in [1.29, 1.82) is 0 Å². The van der Waals surface area contributed by atoms with Crippen LogP contribution in [0.3, 0.4) is 0 Å². The summed E-state index contributed by atoms with van der Waals surface area (Å²) in [6, 6.07) is 8.38. The molecule has 0 aliphatic heterocycles. The SMILES string of the molecule is CC(C)(C)OC[C@H](NC(=O)OC(C)(C)C)C(=O)OCc1ccccc1. The van der Waals surface area contributed by atoms with Gasteiger partial charge in [0, 0.05) is 0 Å². The lowest BCUT2D eigenvalue weighted by atomic mass is 10.2. The number of hydrogen-bond donors (Lipinski definition) is 1. The van der Waals surface area contributed by atoms with E-state index < -0.39 is 29.3 Å². The smallest absolute Gasteiger partial charge is 0.408 e. The minimum atomic E-state index is -0.946. The van der Waals surface area contributed by atoms with E-state index in [9.17, 15) is 9.59 Å². The molecule has 0 heterocycles. The summed E-state index contributed by atoms with van der Waals surface area (Å²) in [5, 5.41) is 2.52. The lowest BCUT2D eigenvalue weighted by Gasteiger charge is -2.26. The van der Waals surface area contributed by atoms with Crippen molar-refractivity contribution in [3.63, 3.8) is 0 Å². The topological polar surface area (TPSA) is 73.9 Å². The fourth-order valence-electron chi connectivity index (χ4n) is 1.78. The van der Waals surface area contributed by atoms with E-state index >= 15 is 0 Å². The second-order valence-electron chi connectivity index (χ2n) is 7.72. The number of hydrogen-bond acceptors (Lipinski definition) is 5. The summed E-state index contributed by atoms with van der Waals surface area (Å²) in [4.78, 5) is 24.3. The van der Waals surface area contributed by atoms with Crippen LogP contribution in [0.25, 0.3) is 0 Å². The average Bonchev–Trinajstić information content (AvgIpc) is 2.47. The Morgan fingerprint density at radius 1 is 1.00 bits per heavy atom. The number of amides is 1. The maximum Gasteiger partial charge on any atom is 0.408 e. The minimum Gasteiger partial charge on any atom is -0.459 e. The van der Waals surface area contributed by atoms with Crippen molar-refractivity contribution in [2.45, 2.75) is 65.4 Å². The third-order valence-corrected chi connectivity index (χ3v) is 2.88. The first kappa shape index (κ1) is 21.0. The van der Waals surface area contributed by atoms with Crippen LogP contribution in [0.1, 0.15) is 47.1 Å². The molecule has 1 aromatic carbocycles. The van der Waals surface area contributed by atoms with Gasteiger partial charge in [-0.3, -0.25) is 0 Å². The van der Waals surface area contributed by atoms with Gasteiger partial charge in [0.2, 0.25) is 0 Å². The number of esters is 1. The molecule has 1 atom stereocenters. The van der Waals surface area contributed by atoms with E-state index in [0.29, 0.717) is 0 Å². The van der Waals surface area contributed by atoms with Gasteiger partial charge in [-0.1, -0.05) is 30.3 Å². The summed E-state index contributed by atoms with van der Waals surface area (Å²) in [6.07, 6.45) is -0.688. The molecule has 1 rings (SSSR count).